The molecule has 2 aromatic rings. The monoisotopic (exact) mass is 389 g/mol. The van der Waals surface area contributed by atoms with Crippen molar-refractivity contribution in [2.75, 3.05) is 0 Å². The number of hydrogen-bond donors (Lipinski definition) is 0. The maximum absolute atomic E-state index is 14.0. The average Bonchev–Trinajstić information content (AvgIpc) is 2.45. The van der Waals surface area contributed by atoms with Crippen LogP contribution in [0, 0.1) is 23.5 Å². The molecule has 0 amide bonds. The first kappa shape index (κ1) is 16.4. The third-order valence-corrected chi connectivity index (χ3v) is 4.64. The van der Waals surface area contributed by atoms with Crippen molar-refractivity contribution in [3.05, 3.63) is 58.2 Å². The number of rotatable bonds is 1. The van der Waals surface area contributed by atoms with E-state index in [-0.39, 0.29) is 5.56 Å². The van der Waals surface area contributed by atoms with Crippen LogP contribution in [0.2, 0.25) is 0 Å². The zero-order valence-electron chi connectivity index (χ0n) is 10.9. The highest BCUT2D eigenvalue weighted by Crippen LogP contribution is 2.99. The van der Waals surface area contributed by atoms with Gasteiger partial charge < -0.3 is 0 Å². The van der Waals surface area contributed by atoms with Crippen LogP contribution in [0.5, 0.6) is 0 Å². The highest BCUT2D eigenvalue weighted by molar-refractivity contribution is 9.10. The summed E-state index contributed by atoms with van der Waals surface area (Å²) in [5.74, 6) is 4.13. The van der Waals surface area contributed by atoms with Gasteiger partial charge >= 0.3 is 0 Å². The Bertz CT molecular complexity index is 821. The molecule has 114 valence electrons. The van der Waals surface area contributed by atoms with Crippen molar-refractivity contribution in [2.24, 2.45) is 0 Å². The summed E-state index contributed by atoms with van der Waals surface area (Å²) in [4.78, 5) is 3.11. The minimum atomic E-state index is -8.77. The Labute approximate surface area is 133 Å². The molecular weight excluding hydrogens is 382 g/mol. The normalized spacial score (nSPS) is 14.0. The standard InChI is InChI=1S/C15H8BrF4NS/c1-2-12-3-5-13(6-4-12)9-10-22(17,18,19,20)15-8-7-14(16)11-21-15/h1,3-8,11H. The van der Waals surface area contributed by atoms with Gasteiger partial charge in [0.05, 0.1) is 0 Å². The van der Waals surface area contributed by atoms with Crippen LogP contribution in [0.1, 0.15) is 11.1 Å². The molecular formula is C15H8BrF4NS. The summed E-state index contributed by atoms with van der Waals surface area (Å²) in [5, 5.41) is -0.756. The van der Waals surface area contributed by atoms with E-state index >= 15 is 0 Å². The molecule has 0 fully saturated rings. The second-order valence-electron chi connectivity index (χ2n) is 4.33. The molecule has 0 radical (unpaired) electrons. The fourth-order valence-corrected chi connectivity index (χ4v) is 2.74. The fraction of sp³-hybridized carbons (Fsp3) is 0. The van der Waals surface area contributed by atoms with Gasteiger partial charge in [0.15, 0.2) is 5.03 Å². The van der Waals surface area contributed by atoms with Crippen LogP contribution in [-0.4, -0.2) is 4.98 Å². The summed E-state index contributed by atoms with van der Waals surface area (Å²) >= 11 is 2.95. The van der Waals surface area contributed by atoms with Gasteiger partial charge in [0.25, 0.3) is 9.84 Å². The topological polar surface area (TPSA) is 12.9 Å². The van der Waals surface area contributed by atoms with Crippen molar-refractivity contribution in [1.82, 2.24) is 4.98 Å². The summed E-state index contributed by atoms with van der Waals surface area (Å²) in [6.45, 7) is 0. The number of benzene rings is 1. The highest BCUT2D eigenvalue weighted by atomic mass is 79.9. The van der Waals surface area contributed by atoms with Gasteiger partial charge in [-0.05, 0) is 58.2 Å². The first-order chi connectivity index (χ1) is 10.0. The van der Waals surface area contributed by atoms with Gasteiger partial charge in [-0.2, -0.15) is 0 Å². The van der Waals surface area contributed by atoms with E-state index in [0.717, 1.165) is 17.5 Å². The SMILES string of the molecule is C#Cc1ccc(C#CS(F)(F)(F)(F)c2ccc(Br)cn2)cc1. The number of nitrogens with zero attached hydrogens (tertiary/aromatic N) is 1. The van der Waals surface area contributed by atoms with Crippen molar-refractivity contribution >= 4 is 25.8 Å². The van der Waals surface area contributed by atoms with E-state index in [0.29, 0.717) is 16.1 Å². The van der Waals surface area contributed by atoms with Crippen LogP contribution >= 0.6 is 25.8 Å². The molecule has 1 nitrogen and oxygen atoms in total. The average molecular weight is 390 g/mol. The third kappa shape index (κ3) is 3.62. The van der Waals surface area contributed by atoms with E-state index in [1.807, 2.05) is 5.92 Å². The van der Waals surface area contributed by atoms with Crippen LogP contribution in [0.3, 0.4) is 0 Å². The number of halogens is 5. The smallest absolute Gasteiger partial charge is 0.241 e. The lowest BCUT2D eigenvalue weighted by Gasteiger charge is -2.43. The van der Waals surface area contributed by atoms with Gasteiger partial charge in [-0.1, -0.05) is 5.92 Å². The lowest BCUT2D eigenvalue weighted by molar-refractivity contribution is 0.462. The van der Waals surface area contributed by atoms with Crippen molar-refractivity contribution in [2.45, 2.75) is 5.03 Å². The maximum Gasteiger partial charge on any atom is 0.255 e. The quantitative estimate of drug-likeness (QED) is 0.456. The van der Waals surface area contributed by atoms with E-state index in [2.05, 4.69) is 26.8 Å². The summed E-state index contributed by atoms with van der Waals surface area (Å²) < 4.78 is 56.3. The molecule has 0 aliphatic rings. The van der Waals surface area contributed by atoms with Crippen LogP contribution < -0.4 is 0 Å². The van der Waals surface area contributed by atoms with Gasteiger partial charge in [-0.3, -0.25) is 0 Å². The van der Waals surface area contributed by atoms with E-state index in [4.69, 9.17) is 6.42 Å². The molecule has 22 heavy (non-hydrogen) atoms. The van der Waals surface area contributed by atoms with Crippen molar-refractivity contribution < 1.29 is 15.5 Å². The molecule has 0 aliphatic heterocycles. The Morgan fingerprint density at radius 1 is 0.955 bits per heavy atom. The van der Waals surface area contributed by atoms with E-state index in [9.17, 15) is 15.5 Å². The predicted molar refractivity (Wildman–Crippen MR) is 83.5 cm³/mol. The lowest BCUT2D eigenvalue weighted by Crippen LogP contribution is -2.12. The molecule has 1 aromatic heterocycles. The molecule has 2 rings (SSSR count). The van der Waals surface area contributed by atoms with Gasteiger partial charge in [0.2, 0.25) is 0 Å². The molecule has 0 unspecified atom stereocenters. The van der Waals surface area contributed by atoms with Gasteiger partial charge in [0, 0.05) is 27.0 Å². The number of terminal acetylenes is 1. The Morgan fingerprint density at radius 3 is 2.05 bits per heavy atom. The summed E-state index contributed by atoms with van der Waals surface area (Å²) in [7, 11) is -8.77. The van der Waals surface area contributed by atoms with Crippen molar-refractivity contribution in [3.63, 3.8) is 0 Å². The van der Waals surface area contributed by atoms with Gasteiger partial charge in [-0.25, -0.2) is 4.98 Å². The first-order valence-corrected chi connectivity index (χ1v) is 8.60. The van der Waals surface area contributed by atoms with Crippen LogP contribution in [-0.2, 0) is 0 Å². The summed E-state index contributed by atoms with van der Waals surface area (Å²) in [6.07, 6.45) is 6.01. The largest absolute Gasteiger partial charge is 0.255 e. The van der Waals surface area contributed by atoms with Gasteiger partial charge in [-0.15, -0.1) is 22.0 Å². The minimum Gasteiger partial charge on any atom is -0.241 e. The summed E-state index contributed by atoms with van der Waals surface area (Å²) in [5.41, 5.74) is 0.499. The molecule has 0 saturated heterocycles. The first-order valence-electron chi connectivity index (χ1n) is 5.76. The Hall–Kier alpha value is -1.96. The van der Waals surface area contributed by atoms with E-state index < -0.39 is 14.9 Å². The van der Waals surface area contributed by atoms with E-state index in [1.165, 1.54) is 24.3 Å². The molecule has 0 bridgehead atoms. The van der Waals surface area contributed by atoms with Crippen LogP contribution in [0.4, 0.5) is 15.5 Å². The molecule has 0 atom stereocenters. The molecule has 0 spiro atoms. The molecule has 1 aromatic carbocycles. The summed E-state index contributed by atoms with van der Waals surface area (Å²) in [6, 6.07) is 7.06. The van der Waals surface area contributed by atoms with Crippen molar-refractivity contribution in [3.8, 4) is 23.5 Å². The maximum atomic E-state index is 14.0. The number of aromatic nitrogens is 1. The molecule has 0 aliphatic carbocycles. The Kier molecular flexibility index (Phi) is 3.56. The van der Waals surface area contributed by atoms with E-state index in [1.54, 1.807) is 0 Å². The highest BCUT2D eigenvalue weighted by Gasteiger charge is 2.65. The predicted octanol–water partition coefficient (Wildman–Crippen LogP) is 5.61. The zero-order chi connectivity index (χ0) is 16.5. The van der Waals surface area contributed by atoms with Crippen LogP contribution in [0.25, 0.3) is 0 Å². The Balaban J connectivity index is 2.50. The minimum absolute atomic E-state index is 0.00621. The van der Waals surface area contributed by atoms with Crippen molar-refractivity contribution in [1.29, 1.82) is 0 Å². The molecule has 7 heteroatoms. The molecule has 0 saturated carbocycles. The zero-order valence-corrected chi connectivity index (χ0v) is 13.3. The fourth-order valence-electron chi connectivity index (χ4n) is 1.47. The second-order valence-corrected chi connectivity index (χ2v) is 8.01. The van der Waals surface area contributed by atoms with Crippen LogP contribution in [0.15, 0.2) is 52.1 Å². The molecule has 1 heterocycles. The third-order valence-electron chi connectivity index (χ3n) is 2.57. The lowest BCUT2D eigenvalue weighted by atomic mass is 10.1. The van der Waals surface area contributed by atoms with Gasteiger partial charge in [0.1, 0.15) is 0 Å². The molecule has 0 N–H and O–H groups in total. The number of hydrogen-bond acceptors (Lipinski definition) is 1. The number of pyridine rings is 1. The second kappa shape index (κ2) is 4.77. The Morgan fingerprint density at radius 2 is 1.55 bits per heavy atom.